The molecule has 1 N–H and O–H groups in total. The summed E-state index contributed by atoms with van der Waals surface area (Å²) in [6.45, 7) is 5.48. The van der Waals surface area contributed by atoms with Crippen LogP contribution in [-0.2, 0) is 25.7 Å². The third kappa shape index (κ3) is 7.46. The lowest BCUT2D eigenvalue weighted by Crippen LogP contribution is -2.48. The third-order valence-corrected chi connectivity index (χ3v) is 7.75. The third-order valence-electron chi connectivity index (χ3n) is 7.75. The van der Waals surface area contributed by atoms with Gasteiger partial charge < -0.3 is 24.6 Å². The van der Waals surface area contributed by atoms with Crippen LogP contribution in [0.3, 0.4) is 0 Å². The zero-order valence-electron chi connectivity index (χ0n) is 22.1. The quantitative estimate of drug-likeness (QED) is 0.498. The minimum Gasteiger partial charge on any atom is -0.464 e. The molecule has 1 spiro atoms. The molecule has 3 heterocycles. The van der Waals surface area contributed by atoms with Crippen LogP contribution in [0.1, 0.15) is 51.0 Å². The van der Waals surface area contributed by atoms with Crippen LogP contribution in [0.2, 0.25) is 0 Å². The summed E-state index contributed by atoms with van der Waals surface area (Å²) in [7, 11) is 0. The Morgan fingerprint density at radius 3 is 2.26 bits per heavy atom. The van der Waals surface area contributed by atoms with Gasteiger partial charge in [0.1, 0.15) is 12.6 Å². The number of rotatable bonds is 9. The molecule has 2 aliphatic rings. The Kier molecular flexibility index (Phi) is 9.56. The number of piperidine rings is 2. The fraction of sp³-hybridized carbons (Fsp3) is 0.517. The molecule has 9 nitrogen and oxygen atoms in total. The summed E-state index contributed by atoms with van der Waals surface area (Å²) in [5.74, 6) is -0.557. The van der Waals surface area contributed by atoms with Crippen molar-refractivity contribution in [2.45, 2.75) is 58.1 Å². The summed E-state index contributed by atoms with van der Waals surface area (Å²) in [5.41, 5.74) is 2.35. The Labute approximate surface area is 224 Å². The van der Waals surface area contributed by atoms with E-state index in [0.717, 1.165) is 57.4 Å². The van der Waals surface area contributed by atoms with Gasteiger partial charge in [0.15, 0.2) is 0 Å². The van der Waals surface area contributed by atoms with Gasteiger partial charge in [-0.15, -0.1) is 0 Å². The average Bonchev–Trinajstić information content (AvgIpc) is 2.96. The molecular formula is C29H38N4O5. The Balaban J connectivity index is 1.22. The first-order valence-electron chi connectivity index (χ1n) is 13.5. The summed E-state index contributed by atoms with van der Waals surface area (Å²) in [4.78, 5) is 46.2. The van der Waals surface area contributed by atoms with E-state index < -0.39 is 18.1 Å². The van der Waals surface area contributed by atoms with E-state index in [1.54, 1.807) is 6.92 Å². The molecule has 1 unspecified atom stereocenters. The average molecular weight is 523 g/mol. The zero-order chi connectivity index (χ0) is 26.8. The van der Waals surface area contributed by atoms with Gasteiger partial charge in [0, 0.05) is 50.7 Å². The summed E-state index contributed by atoms with van der Waals surface area (Å²) in [6.07, 6.45) is 7.51. The van der Waals surface area contributed by atoms with Crippen molar-refractivity contribution in [3.63, 3.8) is 0 Å². The number of aromatic nitrogens is 1. The lowest BCUT2D eigenvalue weighted by Gasteiger charge is -2.47. The molecule has 2 amide bonds. The number of carbonyl (C=O) groups excluding carboxylic acids is 3. The number of nitrogens with zero attached hydrogens (tertiary/aromatic N) is 3. The molecule has 2 aliphatic heterocycles. The first kappa shape index (κ1) is 27.4. The van der Waals surface area contributed by atoms with E-state index in [9.17, 15) is 14.4 Å². The normalized spacial score (nSPS) is 17.5. The molecule has 1 atom stereocenters. The number of ether oxygens (including phenoxy) is 2. The van der Waals surface area contributed by atoms with Crippen molar-refractivity contribution in [3.8, 4) is 0 Å². The second-order valence-corrected chi connectivity index (χ2v) is 10.1. The molecule has 0 aliphatic carbocycles. The van der Waals surface area contributed by atoms with Gasteiger partial charge >= 0.3 is 12.1 Å². The minimum atomic E-state index is -0.934. The van der Waals surface area contributed by atoms with Crippen molar-refractivity contribution < 1.29 is 23.9 Å². The Morgan fingerprint density at radius 2 is 1.61 bits per heavy atom. The minimum absolute atomic E-state index is 0.00261. The second-order valence-electron chi connectivity index (χ2n) is 10.1. The lowest BCUT2D eigenvalue weighted by molar-refractivity contribution is -0.146. The van der Waals surface area contributed by atoms with Gasteiger partial charge in [0.25, 0.3) is 0 Å². The smallest absolute Gasteiger partial charge is 0.408 e. The van der Waals surface area contributed by atoms with Gasteiger partial charge in [-0.1, -0.05) is 30.3 Å². The molecule has 9 heteroatoms. The highest BCUT2D eigenvalue weighted by molar-refractivity contribution is 5.83. The first-order chi connectivity index (χ1) is 18.5. The van der Waals surface area contributed by atoms with Crippen molar-refractivity contribution in [1.29, 1.82) is 0 Å². The fourth-order valence-corrected chi connectivity index (χ4v) is 5.35. The maximum absolute atomic E-state index is 13.0. The van der Waals surface area contributed by atoms with Crippen LogP contribution in [0.4, 0.5) is 10.5 Å². The maximum Gasteiger partial charge on any atom is 0.408 e. The number of anilines is 1. The summed E-state index contributed by atoms with van der Waals surface area (Å²) in [5, 5.41) is 2.58. The molecular weight excluding hydrogens is 484 g/mol. The van der Waals surface area contributed by atoms with Gasteiger partial charge in [0.2, 0.25) is 5.91 Å². The topological polar surface area (TPSA) is 101 Å². The van der Waals surface area contributed by atoms with E-state index in [4.69, 9.17) is 9.47 Å². The molecule has 38 heavy (non-hydrogen) atoms. The van der Waals surface area contributed by atoms with Crippen molar-refractivity contribution >= 4 is 23.7 Å². The maximum atomic E-state index is 13.0. The van der Waals surface area contributed by atoms with Gasteiger partial charge in [-0.25, -0.2) is 9.59 Å². The number of likely N-dealkylation sites (tertiary alicyclic amines) is 1. The molecule has 2 saturated heterocycles. The summed E-state index contributed by atoms with van der Waals surface area (Å²) >= 11 is 0. The molecule has 2 fully saturated rings. The van der Waals surface area contributed by atoms with Gasteiger partial charge in [0.05, 0.1) is 6.61 Å². The van der Waals surface area contributed by atoms with Crippen molar-refractivity contribution in [2.75, 3.05) is 37.7 Å². The van der Waals surface area contributed by atoms with Crippen molar-refractivity contribution in [1.82, 2.24) is 15.2 Å². The monoisotopic (exact) mass is 522 g/mol. The zero-order valence-corrected chi connectivity index (χ0v) is 22.1. The molecule has 1 aromatic heterocycles. The standard InChI is InChI=1S/C29H38N4O5/c1-2-37-27(35)25(31-28(36)38-22-23-6-4-3-5-7-23)8-9-26(34)33-20-14-29(15-21-33)12-18-32(19-13-29)24-10-16-30-17-11-24/h3-7,10-11,16-17,25H,2,8-9,12-15,18-22H2,1H3,(H,31,36). The lowest BCUT2D eigenvalue weighted by atomic mass is 9.71. The predicted octanol–water partition coefficient (Wildman–Crippen LogP) is 3.93. The molecule has 1 aromatic carbocycles. The number of carbonyl (C=O) groups is 3. The molecule has 2 aromatic rings. The number of amides is 2. The number of benzene rings is 1. The van der Waals surface area contributed by atoms with E-state index in [2.05, 4.69) is 27.3 Å². The predicted molar refractivity (Wildman–Crippen MR) is 143 cm³/mol. The van der Waals surface area contributed by atoms with E-state index in [1.165, 1.54) is 5.69 Å². The van der Waals surface area contributed by atoms with Crippen LogP contribution in [-0.4, -0.2) is 66.7 Å². The summed E-state index contributed by atoms with van der Waals surface area (Å²) < 4.78 is 10.4. The number of hydrogen-bond donors (Lipinski definition) is 1. The van der Waals surface area contributed by atoms with Crippen LogP contribution >= 0.6 is 0 Å². The van der Waals surface area contributed by atoms with Crippen LogP contribution in [0.25, 0.3) is 0 Å². The number of pyridine rings is 1. The fourth-order valence-electron chi connectivity index (χ4n) is 5.35. The van der Waals surface area contributed by atoms with E-state index in [1.807, 2.05) is 47.6 Å². The van der Waals surface area contributed by atoms with Crippen LogP contribution in [0, 0.1) is 5.41 Å². The number of esters is 1. The molecule has 0 bridgehead atoms. The highest BCUT2D eigenvalue weighted by Crippen LogP contribution is 2.42. The van der Waals surface area contributed by atoms with Crippen LogP contribution in [0.15, 0.2) is 54.9 Å². The second kappa shape index (κ2) is 13.3. The Morgan fingerprint density at radius 1 is 0.947 bits per heavy atom. The van der Waals surface area contributed by atoms with Gasteiger partial charge in [-0.2, -0.15) is 0 Å². The van der Waals surface area contributed by atoms with Crippen molar-refractivity contribution in [2.24, 2.45) is 5.41 Å². The highest BCUT2D eigenvalue weighted by atomic mass is 16.6. The Hall–Kier alpha value is -3.62. The van der Waals surface area contributed by atoms with Gasteiger partial charge in [-0.3, -0.25) is 9.78 Å². The number of hydrogen-bond acceptors (Lipinski definition) is 7. The van der Waals surface area contributed by atoms with Crippen LogP contribution in [0.5, 0.6) is 0 Å². The SMILES string of the molecule is CCOC(=O)C(CCC(=O)N1CCC2(CC1)CCN(c1ccncc1)CC2)NC(=O)OCc1ccccc1. The molecule has 0 saturated carbocycles. The molecule has 0 radical (unpaired) electrons. The van der Waals surface area contributed by atoms with E-state index in [0.29, 0.717) is 0 Å². The summed E-state index contributed by atoms with van der Waals surface area (Å²) in [6, 6.07) is 12.5. The molecule has 204 valence electrons. The first-order valence-corrected chi connectivity index (χ1v) is 13.5. The Bertz CT molecular complexity index is 1050. The molecule has 4 rings (SSSR count). The highest BCUT2D eigenvalue weighted by Gasteiger charge is 2.38. The van der Waals surface area contributed by atoms with E-state index in [-0.39, 0.29) is 37.4 Å². The number of alkyl carbamates (subject to hydrolysis) is 1. The van der Waals surface area contributed by atoms with Gasteiger partial charge in [-0.05, 0) is 62.1 Å². The largest absolute Gasteiger partial charge is 0.464 e. The van der Waals surface area contributed by atoms with Crippen LogP contribution < -0.4 is 10.2 Å². The van der Waals surface area contributed by atoms with E-state index >= 15 is 0 Å². The van der Waals surface area contributed by atoms with Crippen molar-refractivity contribution in [3.05, 3.63) is 60.4 Å². The number of nitrogens with one attached hydrogen (secondary N) is 1.